The van der Waals surface area contributed by atoms with Gasteiger partial charge in [-0.2, -0.15) is 0 Å². The number of hydrogen-bond acceptors (Lipinski definition) is 1. The van der Waals surface area contributed by atoms with E-state index in [9.17, 15) is 0 Å². The van der Waals surface area contributed by atoms with Gasteiger partial charge >= 0.3 is 0 Å². The van der Waals surface area contributed by atoms with Crippen LogP contribution in [0.15, 0.2) is 0 Å². The van der Waals surface area contributed by atoms with Crippen molar-refractivity contribution in [3.63, 3.8) is 0 Å². The number of piperidine rings is 1. The van der Waals surface area contributed by atoms with Crippen LogP contribution in [0.3, 0.4) is 0 Å². The van der Waals surface area contributed by atoms with E-state index in [0.29, 0.717) is 12.0 Å². The van der Waals surface area contributed by atoms with Crippen molar-refractivity contribution in [2.24, 2.45) is 5.92 Å². The van der Waals surface area contributed by atoms with Gasteiger partial charge in [0.2, 0.25) is 0 Å². The van der Waals surface area contributed by atoms with E-state index in [2.05, 4.69) is 31.6 Å². The lowest BCUT2D eigenvalue weighted by atomic mass is 9.91. The molecule has 2 atom stereocenters. The molecule has 1 nitrogen and oxygen atoms in total. The first-order valence-electron chi connectivity index (χ1n) is 5.40. The molecule has 0 aromatic rings. The lowest BCUT2D eigenvalue weighted by molar-refractivity contribution is 0.0902. The maximum absolute atomic E-state index is 5.48. The van der Waals surface area contributed by atoms with Crippen LogP contribution in [0, 0.1) is 18.3 Å². The molecule has 0 aromatic heterocycles. The Morgan fingerprint density at radius 3 is 2.62 bits per heavy atom. The number of likely N-dealkylation sites (tertiary alicyclic amines) is 1. The fourth-order valence-electron chi connectivity index (χ4n) is 2.26. The number of nitrogens with zero attached hydrogens (tertiary/aromatic N) is 1. The van der Waals surface area contributed by atoms with Gasteiger partial charge in [0.05, 0.1) is 0 Å². The number of rotatable bonds is 2. The molecule has 1 heterocycles. The Kier molecular flexibility index (Phi) is 3.81. The average molecular weight is 179 g/mol. The number of terminal acetylenes is 1. The first-order valence-corrected chi connectivity index (χ1v) is 5.40. The maximum Gasteiger partial charge on any atom is 0.0328 e. The maximum atomic E-state index is 5.48. The highest BCUT2D eigenvalue weighted by Crippen LogP contribution is 2.25. The molecule has 1 aliphatic heterocycles. The topological polar surface area (TPSA) is 3.24 Å². The summed E-state index contributed by atoms with van der Waals surface area (Å²) in [5.74, 6) is 3.38. The molecular weight excluding hydrogens is 158 g/mol. The third-order valence-corrected chi connectivity index (χ3v) is 3.12. The molecule has 0 aliphatic carbocycles. The summed E-state index contributed by atoms with van der Waals surface area (Å²) in [6.07, 6.45) is 9.24. The average Bonchev–Trinajstić information content (AvgIpc) is 2.16. The molecule has 2 unspecified atom stereocenters. The quantitative estimate of drug-likeness (QED) is 0.589. The highest BCUT2D eigenvalue weighted by molar-refractivity contribution is 4.98. The van der Waals surface area contributed by atoms with Gasteiger partial charge < -0.3 is 0 Å². The molecule has 0 amide bonds. The molecule has 1 fully saturated rings. The number of hydrogen-bond donors (Lipinski definition) is 0. The lowest BCUT2D eigenvalue weighted by Gasteiger charge is -2.40. The summed E-state index contributed by atoms with van der Waals surface area (Å²) >= 11 is 0. The Hall–Kier alpha value is -0.480. The first kappa shape index (κ1) is 10.6. The molecular formula is C12H21N. The van der Waals surface area contributed by atoms with Gasteiger partial charge in [0.1, 0.15) is 0 Å². The summed E-state index contributed by atoms with van der Waals surface area (Å²) in [6, 6.07) is 1.41. The standard InChI is InChI=1S/C12H21N/c1-5-11-7-8-12(6-2)13(9-11)10(3)4/h1,10-12H,6-9H2,2-4H3. The predicted molar refractivity (Wildman–Crippen MR) is 57.5 cm³/mol. The zero-order valence-electron chi connectivity index (χ0n) is 9.09. The molecule has 74 valence electrons. The molecule has 1 rings (SSSR count). The van der Waals surface area contributed by atoms with Gasteiger partial charge in [0.15, 0.2) is 0 Å². The van der Waals surface area contributed by atoms with E-state index in [-0.39, 0.29) is 0 Å². The van der Waals surface area contributed by atoms with Crippen LogP contribution in [0.25, 0.3) is 0 Å². The van der Waals surface area contributed by atoms with E-state index in [4.69, 9.17) is 6.42 Å². The second-order valence-corrected chi connectivity index (χ2v) is 4.29. The fraction of sp³-hybridized carbons (Fsp3) is 0.833. The highest BCUT2D eigenvalue weighted by atomic mass is 15.2. The van der Waals surface area contributed by atoms with Gasteiger partial charge in [-0.25, -0.2) is 0 Å². The molecule has 0 bridgehead atoms. The zero-order valence-corrected chi connectivity index (χ0v) is 9.09. The van der Waals surface area contributed by atoms with E-state index in [1.54, 1.807) is 0 Å². The molecule has 1 saturated heterocycles. The third-order valence-electron chi connectivity index (χ3n) is 3.12. The van der Waals surface area contributed by atoms with Crippen LogP contribution in [0.1, 0.15) is 40.0 Å². The molecule has 0 aromatic carbocycles. The Labute approximate surface area is 82.5 Å². The van der Waals surface area contributed by atoms with Gasteiger partial charge in [-0.05, 0) is 33.1 Å². The Morgan fingerprint density at radius 1 is 1.46 bits per heavy atom. The van der Waals surface area contributed by atoms with E-state index >= 15 is 0 Å². The molecule has 0 saturated carbocycles. The largest absolute Gasteiger partial charge is 0.297 e. The Balaban J connectivity index is 2.58. The minimum absolute atomic E-state index is 0.491. The summed E-state index contributed by atoms with van der Waals surface area (Å²) in [5.41, 5.74) is 0. The zero-order chi connectivity index (χ0) is 9.84. The summed E-state index contributed by atoms with van der Waals surface area (Å²) in [6.45, 7) is 7.91. The van der Waals surface area contributed by atoms with E-state index < -0.39 is 0 Å². The SMILES string of the molecule is C#CC1CCC(CC)N(C(C)C)C1. The second-order valence-electron chi connectivity index (χ2n) is 4.29. The van der Waals surface area contributed by atoms with Gasteiger partial charge in [-0.3, -0.25) is 4.90 Å². The van der Waals surface area contributed by atoms with Crippen LogP contribution in [0.4, 0.5) is 0 Å². The summed E-state index contributed by atoms with van der Waals surface area (Å²) in [4.78, 5) is 2.56. The Morgan fingerprint density at radius 2 is 2.15 bits per heavy atom. The van der Waals surface area contributed by atoms with Crippen LogP contribution >= 0.6 is 0 Å². The monoisotopic (exact) mass is 179 g/mol. The van der Waals surface area contributed by atoms with E-state index in [0.717, 1.165) is 12.6 Å². The summed E-state index contributed by atoms with van der Waals surface area (Å²) in [5, 5.41) is 0. The van der Waals surface area contributed by atoms with Gasteiger partial charge in [0, 0.05) is 24.5 Å². The second kappa shape index (κ2) is 4.67. The van der Waals surface area contributed by atoms with E-state index in [1.807, 2.05) is 0 Å². The van der Waals surface area contributed by atoms with Gasteiger partial charge in [-0.15, -0.1) is 12.3 Å². The van der Waals surface area contributed by atoms with Crippen molar-refractivity contribution in [1.82, 2.24) is 4.90 Å². The normalized spacial score (nSPS) is 30.4. The first-order chi connectivity index (χ1) is 6.19. The highest BCUT2D eigenvalue weighted by Gasteiger charge is 2.27. The molecule has 0 spiro atoms. The van der Waals surface area contributed by atoms with Crippen LogP contribution in [-0.2, 0) is 0 Å². The smallest absolute Gasteiger partial charge is 0.0328 e. The van der Waals surface area contributed by atoms with Crippen molar-refractivity contribution >= 4 is 0 Å². The molecule has 0 N–H and O–H groups in total. The Bertz CT molecular complexity index is 190. The van der Waals surface area contributed by atoms with Crippen LogP contribution < -0.4 is 0 Å². The third kappa shape index (κ3) is 2.48. The molecule has 13 heavy (non-hydrogen) atoms. The van der Waals surface area contributed by atoms with Gasteiger partial charge in [0.25, 0.3) is 0 Å². The van der Waals surface area contributed by atoms with Crippen molar-refractivity contribution in [2.45, 2.75) is 52.1 Å². The summed E-state index contributed by atoms with van der Waals surface area (Å²) in [7, 11) is 0. The molecule has 1 heteroatoms. The van der Waals surface area contributed by atoms with Crippen LogP contribution in [0.5, 0.6) is 0 Å². The predicted octanol–water partition coefficient (Wildman–Crippen LogP) is 2.52. The fourth-order valence-corrected chi connectivity index (χ4v) is 2.26. The lowest BCUT2D eigenvalue weighted by Crippen LogP contribution is -2.46. The van der Waals surface area contributed by atoms with Crippen molar-refractivity contribution in [1.29, 1.82) is 0 Å². The van der Waals surface area contributed by atoms with Crippen molar-refractivity contribution in [3.8, 4) is 12.3 Å². The van der Waals surface area contributed by atoms with E-state index in [1.165, 1.54) is 19.3 Å². The van der Waals surface area contributed by atoms with Gasteiger partial charge in [-0.1, -0.05) is 6.92 Å². The molecule has 0 radical (unpaired) electrons. The van der Waals surface area contributed by atoms with Crippen molar-refractivity contribution in [2.75, 3.05) is 6.54 Å². The van der Waals surface area contributed by atoms with Crippen LogP contribution in [0.2, 0.25) is 0 Å². The van der Waals surface area contributed by atoms with Crippen LogP contribution in [-0.4, -0.2) is 23.5 Å². The molecule has 1 aliphatic rings. The summed E-state index contributed by atoms with van der Waals surface area (Å²) < 4.78 is 0. The van der Waals surface area contributed by atoms with Crippen molar-refractivity contribution < 1.29 is 0 Å². The van der Waals surface area contributed by atoms with Crippen molar-refractivity contribution in [3.05, 3.63) is 0 Å². The minimum Gasteiger partial charge on any atom is -0.297 e. The minimum atomic E-state index is 0.491.